The van der Waals surface area contributed by atoms with Crippen molar-refractivity contribution in [2.24, 2.45) is 0 Å². The van der Waals surface area contributed by atoms with Crippen molar-refractivity contribution < 1.29 is 5.11 Å². The van der Waals surface area contributed by atoms with Gasteiger partial charge in [-0.1, -0.05) is 45.0 Å². The molecule has 0 aliphatic rings. The van der Waals surface area contributed by atoms with Gasteiger partial charge in [0.05, 0.1) is 12.3 Å². The van der Waals surface area contributed by atoms with Crippen molar-refractivity contribution in [2.45, 2.75) is 46.3 Å². The third-order valence-corrected chi connectivity index (χ3v) is 3.53. The van der Waals surface area contributed by atoms with E-state index in [-0.39, 0.29) is 12.2 Å². The molecule has 1 aromatic carbocycles. The Kier molecular flexibility index (Phi) is 4.91. The minimum Gasteiger partial charge on any atom is -0.391 e. The minimum absolute atomic E-state index is 0.207. The molecule has 4 heteroatoms. The van der Waals surface area contributed by atoms with Crippen molar-refractivity contribution in [1.29, 1.82) is 0 Å². The van der Waals surface area contributed by atoms with E-state index in [0.29, 0.717) is 18.0 Å². The van der Waals surface area contributed by atoms with Crippen molar-refractivity contribution >= 4 is 0 Å². The Morgan fingerprint density at radius 3 is 2.43 bits per heavy atom. The molecule has 4 nitrogen and oxygen atoms in total. The lowest BCUT2D eigenvalue weighted by atomic mass is 10.0. The maximum Gasteiger partial charge on any atom is 0.272 e. The first-order valence-corrected chi connectivity index (χ1v) is 7.39. The van der Waals surface area contributed by atoms with Gasteiger partial charge in [-0.3, -0.25) is 4.79 Å². The number of nitrogens with zero attached hydrogens (tertiary/aromatic N) is 2. The highest BCUT2D eigenvalue weighted by atomic mass is 16.3. The molecule has 0 bridgehead atoms. The Hall–Kier alpha value is -1.94. The van der Waals surface area contributed by atoms with Crippen LogP contribution in [0, 0.1) is 0 Å². The molecule has 2 aromatic rings. The average molecular weight is 286 g/mol. The van der Waals surface area contributed by atoms with E-state index in [1.54, 1.807) is 6.07 Å². The maximum absolute atomic E-state index is 12.1. The number of aliphatic hydroxyl groups is 1. The highest BCUT2D eigenvalue weighted by Gasteiger charge is 2.09. The van der Waals surface area contributed by atoms with Crippen molar-refractivity contribution in [2.75, 3.05) is 0 Å². The normalized spacial score (nSPS) is 11.1. The number of aromatic nitrogens is 2. The summed E-state index contributed by atoms with van der Waals surface area (Å²) in [4.78, 5) is 12.1. The van der Waals surface area contributed by atoms with E-state index in [2.05, 4.69) is 31.1 Å². The fourth-order valence-corrected chi connectivity index (χ4v) is 2.25. The molecular formula is C17H22N2O2. The van der Waals surface area contributed by atoms with Crippen LogP contribution in [0.3, 0.4) is 0 Å². The highest BCUT2D eigenvalue weighted by molar-refractivity contribution is 5.59. The van der Waals surface area contributed by atoms with Crippen LogP contribution >= 0.6 is 0 Å². The number of benzene rings is 1. The van der Waals surface area contributed by atoms with Gasteiger partial charge in [0.2, 0.25) is 0 Å². The highest BCUT2D eigenvalue weighted by Crippen LogP contribution is 2.21. The second kappa shape index (κ2) is 6.68. The van der Waals surface area contributed by atoms with Crippen molar-refractivity contribution in [3.05, 3.63) is 51.8 Å². The summed E-state index contributed by atoms with van der Waals surface area (Å²) in [7, 11) is 0. The van der Waals surface area contributed by atoms with E-state index in [1.807, 2.05) is 19.1 Å². The molecule has 0 saturated carbocycles. The molecule has 0 fully saturated rings. The van der Waals surface area contributed by atoms with Crippen LogP contribution in [0.15, 0.2) is 35.1 Å². The topological polar surface area (TPSA) is 55.1 Å². The second-order valence-corrected chi connectivity index (χ2v) is 5.52. The molecule has 1 aromatic heterocycles. The lowest BCUT2D eigenvalue weighted by Crippen LogP contribution is -2.26. The van der Waals surface area contributed by atoms with Crippen molar-refractivity contribution in [3.8, 4) is 11.3 Å². The van der Waals surface area contributed by atoms with Gasteiger partial charge in [-0.25, -0.2) is 4.68 Å². The summed E-state index contributed by atoms with van der Waals surface area (Å²) in [6.07, 6.45) is 0.827. The fourth-order valence-electron chi connectivity index (χ4n) is 2.25. The van der Waals surface area contributed by atoms with E-state index >= 15 is 0 Å². The number of hydrogen-bond acceptors (Lipinski definition) is 3. The van der Waals surface area contributed by atoms with Gasteiger partial charge < -0.3 is 5.11 Å². The largest absolute Gasteiger partial charge is 0.391 e. The van der Waals surface area contributed by atoms with Crippen molar-refractivity contribution in [3.63, 3.8) is 0 Å². The molecule has 0 unspecified atom stereocenters. The molecule has 112 valence electrons. The summed E-state index contributed by atoms with van der Waals surface area (Å²) < 4.78 is 1.44. The van der Waals surface area contributed by atoms with E-state index in [1.165, 1.54) is 10.2 Å². The van der Waals surface area contributed by atoms with Crippen LogP contribution in [0.1, 0.15) is 44.2 Å². The predicted octanol–water partition coefficient (Wildman–Crippen LogP) is 2.94. The lowest BCUT2D eigenvalue weighted by molar-refractivity contribution is 0.278. The summed E-state index contributed by atoms with van der Waals surface area (Å²) in [6, 6.07) is 9.86. The SMILES string of the molecule is CCCn1nc(-c2ccc(C(C)C)cc2)cc(CO)c1=O. The Balaban J connectivity index is 2.47. The first-order chi connectivity index (χ1) is 10.1. The Labute approximate surface area is 125 Å². The van der Waals surface area contributed by atoms with Crippen LogP contribution < -0.4 is 5.56 Å². The van der Waals surface area contributed by atoms with Gasteiger partial charge in [0, 0.05) is 17.7 Å². The standard InChI is InChI=1S/C17H22N2O2/c1-4-9-19-17(21)15(11-20)10-16(18-19)14-7-5-13(6-8-14)12(2)3/h5-8,10,12,20H,4,9,11H2,1-3H3. The van der Waals surface area contributed by atoms with Crippen LogP contribution in [0.4, 0.5) is 0 Å². The quantitative estimate of drug-likeness (QED) is 0.919. The molecule has 0 atom stereocenters. The Morgan fingerprint density at radius 1 is 1.24 bits per heavy atom. The average Bonchev–Trinajstić information content (AvgIpc) is 2.49. The first kappa shape index (κ1) is 15.4. The van der Waals surface area contributed by atoms with Crippen LogP contribution in [-0.2, 0) is 13.2 Å². The van der Waals surface area contributed by atoms with Gasteiger partial charge in [-0.05, 0) is 24.0 Å². The third-order valence-electron chi connectivity index (χ3n) is 3.53. The molecule has 1 N–H and O–H groups in total. The summed E-state index contributed by atoms with van der Waals surface area (Å²) in [5.41, 5.74) is 3.13. The molecule has 0 saturated heterocycles. The van der Waals surface area contributed by atoms with E-state index in [0.717, 1.165) is 17.7 Å². The van der Waals surface area contributed by atoms with Gasteiger partial charge in [0.1, 0.15) is 0 Å². The summed E-state index contributed by atoms with van der Waals surface area (Å²) in [6.45, 7) is 6.60. The predicted molar refractivity (Wildman–Crippen MR) is 84.2 cm³/mol. The number of aliphatic hydroxyl groups excluding tert-OH is 1. The van der Waals surface area contributed by atoms with Crippen LogP contribution in [0.2, 0.25) is 0 Å². The molecule has 0 aliphatic carbocycles. The lowest BCUT2D eigenvalue weighted by Gasteiger charge is -2.10. The molecule has 0 amide bonds. The zero-order valence-corrected chi connectivity index (χ0v) is 12.8. The summed E-state index contributed by atoms with van der Waals surface area (Å²) in [5.74, 6) is 0.481. The Bertz CT molecular complexity index is 657. The van der Waals surface area contributed by atoms with Gasteiger partial charge >= 0.3 is 0 Å². The molecule has 1 heterocycles. The number of aryl methyl sites for hydroxylation is 1. The van der Waals surface area contributed by atoms with Crippen LogP contribution in [0.5, 0.6) is 0 Å². The van der Waals surface area contributed by atoms with Gasteiger partial charge in [-0.2, -0.15) is 5.10 Å². The maximum atomic E-state index is 12.1. The third kappa shape index (κ3) is 3.39. The van der Waals surface area contributed by atoms with E-state index in [4.69, 9.17) is 0 Å². The molecule has 0 aliphatic heterocycles. The zero-order valence-electron chi connectivity index (χ0n) is 12.8. The smallest absolute Gasteiger partial charge is 0.272 e. The number of hydrogen-bond donors (Lipinski definition) is 1. The van der Waals surface area contributed by atoms with Crippen LogP contribution in [-0.4, -0.2) is 14.9 Å². The van der Waals surface area contributed by atoms with E-state index in [9.17, 15) is 9.90 Å². The minimum atomic E-state index is -0.262. The summed E-state index contributed by atoms with van der Waals surface area (Å²) >= 11 is 0. The summed E-state index contributed by atoms with van der Waals surface area (Å²) in [5, 5.41) is 13.8. The van der Waals surface area contributed by atoms with Gasteiger partial charge in [0.15, 0.2) is 0 Å². The number of rotatable bonds is 5. The zero-order chi connectivity index (χ0) is 15.4. The molecular weight excluding hydrogens is 264 g/mol. The first-order valence-electron chi connectivity index (χ1n) is 7.39. The van der Waals surface area contributed by atoms with Crippen LogP contribution in [0.25, 0.3) is 11.3 Å². The molecule has 0 spiro atoms. The second-order valence-electron chi connectivity index (χ2n) is 5.52. The van der Waals surface area contributed by atoms with E-state index < -0.39 is 0 Å². The monoisotopic (exact) mass is 286 g/mol. The molecule has 0 radical (unpaired) electrons. The van der Waals surface area contributed by atoms with Gasteiger partial charge in [-0.15, -0.1) is 0 Å². The molecule has 21 heavy (non-hydrogen) atoms. The van der Waals surface area contributed by atoms with Gasteiger partial charge in [0.25, 0.3) is 5.56 Å². The Morgan fingerprint density at radius 2 is 1.90 bits per heavy atom. The molecule has 2 rings (SSSR count). The fraction of sp³-hybridized carbons (Fsp3) is 0.412. The van der Waals surface area contributed by atoms with Crippen molar-refractivity contribution in [1.82, 2.24) is 9.78 Å².